The largest absolute Gasteiger partial charge is 0.469 e. The predicted molar refractivity (Wildman–Crippen MR) is 102 cm³/mol. The van der Waals surface area contributed by atoms with E-state index in [9.17, 15) is 9.59 Å². The number of nitrogens with one attached hydrogen (secondary N) is 1. The lowest BCUT2D eigenvalue weighted by Crippen LogP contribution is -2.35. The Hall–Kier alpha value is -2.60. The molecule has 4 rings (SSSR count). The van der Waals surface area contributed by atoms with Crippen LogP contribution in [-0.2, 0) is 14.3 Å². The van der Waals surface area contributed by atoms with Gasteiger partial charge in [-0.1, -0.05) is 6.07 Å². The zero-order valence-electron chi connectivity index (χ0n) is 15.3. The van der Waals surface area contributed by atoms with E-state index in [4.69, 9.17) is 9.15 Å². The Bertz CT molecular complexity index is 922. The molecule has 0 aromatic carbocycles. The van der Waals surface area contributed by atoms with Crippen LogP contribution in [0.4, 0.5) is 0 Å². The van der Waals surface area contributed by atoms with Crippen LogP contribution in [0, 0.1) is 0 Å². The lowest BCUT2D eigenvalue weighted by atomic mass is 9.74. The Morgan fingerprint density at radius 3 is 2.85 bits per heavy atom. The number of ketones is 1. The second-order valence-corrected chi connectivity index (χ2v) is 7.75. The van der Waals surface area contributed by atoms with E-state index < -0.39 is 0 Å². The Kier molecular flexibility index (Phi) is 4.74. The van der Waals surface area contributed by atoms with Gasteiger partial charge in [-0.15, -0.1) is 11.3 Å². The van der Waals surface area contributed by atoms with E-state index in [0.717, 1.165) is 22.0 Å². The van der Waals surface area contributed by atoms with E-state index in [1.165, 1.54) is 0 Å². The summed E-state index contributed by atoms with van der Waals surface area (Å²) in [6, 6.07) is 7.68. The predicted octanol–water partition coefficient (Wildman–Crippen LogP) is 4.27. The first-order valence-corrected chi connectivity index (χ1v) is 9.96. The quantitative estimate of drug-likeness (QED) is 0.799. The van der Waals surface area contributed by atoms with Crippen LogP contribution >= 0.6 is 11.3 Å². The normalized spacial score (nSPS) is 22.5. The smallest absolute Gasteiger partial charge is 0.336 e. The molecule has 0 radical (unpaired) electrons. The second-order valence-electron chi connectivity index (χ2n) is 6.77. The molecular formula is C21H21NO4S. The van der Waals surface area contributed by atoms with E-state index in [1.54, 1.807) is 24.5 Å². The fourth-order valence-corrected chi connectivity index (χ4v) is 4.83. The van der Waals surface area contributed by atoms with E-state index in [0.29, 0.717) is 30.6 Å². The highest BCUT2D eigenvalue weighted by atomic mass is 32.1. The van der Waals surface area contributed by atoms with Gasteiger partial charge in [0.2, 0.25) is 0 Å². The van der Waals surface area contributed by atoms with Crippen LogP contribution in [0.5, 0.6) is 0 Å². The van der Waals surface area contributed by atoms with Crippen LogP contribution in [0.15, 0.2) is 62.9 Å². The highest BCUT2D eigenvalue weighted by Crippen LogP contribution is 2.46. The van der Waals surface area contributed by atoms with Crippen molar-refractivity contribution >= 4 is 23.1 Å². The molecule has 27 heavy (non-hydrogen) atoms. The maximum Gasteiger partial charge on any atom is 0.336 e. The topological polar surface area (TPSA) is 68.5 Å². The number of ether oxygens (including phenoxy) is 1. The van der Waals surface area contributed by atoms with E-state index in [-0.39, 0.29) is 23.6 Å². The van der Waals surface area contributed by atoms with Crippen LogP contribution in [0.3, 0.4) is 0 Å². The number of carbonyl (C=O) groups excluding carboxylic acids is 2. The van der Waals surface area contributed by atoms with Crippen molar-refractivity contribution in [3.05, 3.63) is 69.1 Å². The Morgan fingerprint density at radius 1 is 1.33 bits per heavy atom. The molecule has 0 bridgehead atoms. The third-order valence-corrected chi connectivity index (χ3v) is 6.03. The summed E-state index contributed by atoms with van der Waals surface area (Å²) in [4.78, 5) is 26.8. The molecule has 3 heterocycles. The summed E-state index contributed by atoms with van der Waals surface area (Å²) in [5, 5.41) is 5.29. The molecule has 2 aliphatic rings. The zero-order valence-corrected chi connectivity index (χ0v) is 16.1. The summed E-state index contributed by atoms with van der Waals surface area (Å²) in [6.07, 6.45) is 2.70. The first-order chi connectivity index (χ1) is 13.1. The Morgan fingerprint density at radius 2 is 2.19 bits per heavy atom. The monoisotopic (exact) mass is 383 g/mol. The third kappa shape index (κ3) is 3.14. The molecule has 2 aromatic heterocycles. The first kappa shape index (κ1) is 17.8. The zero-order chi connectivity index (χ0) is 19.0. The molecule has 1 aliphatic carbocycles. The number of thiophene rings is 1. The van der Waals surface area contributed by atoms with Crippen LogP contribution in [0.25, 0.3) is 0 Å². The Labute approximate surface area is 161 Å². The van der Waals surface area contributed by atoms with Gasteiger partial charge in [-0.2, -0.15) is 0 Å². The number of Topliss-reactive ketones (excluding diaryl/α,β-unsaturated/α-hetero) is 1. The minimum Gasteiger partial charge on any atom is -0.469 e. The number of dihydropyridines is 1. The lowest BCUT2D eigenvalue weighted by molar-refractivity contribution is -0.138. The van der Waals surface area contributed by atoms with Gasteiger partial charge in [0, 0.05) is 34.2 Å². The fraction of sp³-hybridized carbons (Fsp3) is 0.333. The van der Waals surface area contributed by atoms with Crippen molar-refractivity contribution in [1.82, 2.24) is 5.32 Å². The van der Waals surface area contributed by atoms with Gasteiger partial charge in [0.25, 0.3) is 0 Å². The van der Waals surface area contributed by atoms with Crippen molar-refractivity contribution in [3.63, 3.8) is 0 Å². The maximum atomic E-state index is 13.2. The highest BCUT2D eigenvalue weighted by Gasteiger charge is 2.42. The number of furan rings is 1. The van der Waals surface area contributed by atoms with Gasteiger partial charge in [0.15, 0.2) is 5.78 Å². The standard InChI is InChI=1S/C21H21NO4S/c1-3-25-21(24)18-12(2)22-14-10-13(16-6-4-8-26-16)11-15(23)19(14)20(18)17-7-5-9-27-17/h4-9,13,20,22H,3,10-11H2,1-2H3/t13-,20+/m1/s1. The molecule has 1 aliphatic heterocycles. The van der Waals surface area contributed by atoms with Gasteiger partial charge in [0.05, 0.1) is 24.4 Å². The average Bonchev–Trinajstić information content (AvgIpc) is 3.34. The minimum atomic E-state index is -0.370. The molecule has 6 heteroatoms. The molecule has 0 spiro atoms. The maximum absolute atomic E-state index is 13.2. The number of carbonyl (C=O) groups is 2. The summed E-state index contributed by atoms with van der Waals surface area (Å²) < 4.78 is 10.8. The molecule has 140 valence electrons. The van der Waals surface area contributed by atoms with E-state index in [1.807, 2.05) is 36.6 Å². The van der Waals surface area contributed by atoms with Crippen LogP contribution in [-0.4, -0.2) is 18.4 Å². The molecule has 0 saturated heterocycles. The average molecular weight is 383 g/mol. The summed E-state index contributed by atoms with van der Waals surface area (Å²) in [5.41, 5.74) is 2.85. The van der Waals surface area contributed by atoms with Crippen molar-refractivity contribution in [3.8, 4) is 0 Å². The molecule has 0 fully saturated rings. The summed E-state index contributed by atoms with van der Waals surface area (Å²) in [5.74, 6) is 0.151. The molecular weight excluding hydrogens is 362 g/mol. The van der Waals surface area contributed by atoms with E-state index in [2.05, 4.69) is 5.32 Å². The molecule has 5 nitrogen and oxygen atoms in total. The molecule has 0 saturated carbocycles. The Balaban J connectivity index is 1.78. The van der Waals surface area contributed by atoms with Crippen molar-refractivity contribution in [2.75, 3.05) is 6.61 Å². The highest BCUT2D eigenvalue weighted by molar-refractivity contribution is 7.10. The van der Waals surface area contributed by atoms with Crippen molar-refractivity contribution < 1.29 is 18.7 Å². The number of hydrogen-bond donors (Lipinski definition) is 1. The lowest BCUT2D eigenvalue weighted by Gasteiger charge is -2.35. The minimum absolute atomic E-state index is 0.0136. The third-order valence-electron chi connectivity index (χ3n) is 5.10. The molecule has 0 amide bonds. The van der Waals surface area contributed by atoms with Crippen LogP contribution in [0.2, 0.25) is 0 Å². The van der Waals surface area contributed by atoms with Crippen LogP contribution in [0.1, 0.15) is 49.2 Å². The molecule has 2 atom stereocenters. The van der Waals surface area contributed by atoms with Gasteiger partial charge in [0.1, 0.15) is 5.76 Å². The molecule has 1 N–H and O–H groups in total. The number of hydrogen-bond acceptors (Lipinski definition) is 6. The first-order valence-electron chi connectivity index (χ1n) is 9.08. The summed E-state index contributed by atoms with van der Waals surface area (Å²) in [6.45, 7) is 3.96. The SMILES string of the molecule is CCOC(=O)C1=C(C)NC2=C(C(=O)C[C@H](c3ccco3)C2)[C@H]1c1cccs1. The van der Waals surface area contributed by atoms with Crippen molar-refractivity contribution in [2.24, 2.45) is 0 Å². The molecule has 2 aromatic rings. The van der Waals surface area contributed by atoms with Gasteiger partial charge in [-0.05, 0) is 43.8 Å². The van der Waals surface area contributed by atoms with E-state index >= 15 is 0 Å². The number of allylic oxidation sites excluding steroid dienone is 3. The number of rotatable bonds is 4. The number of esters is 1. The van der Waals surface area contributed by atoms with Crippen LogP contribution < -0.4 is 5.32 Å². The summed E-state index contributed by atoms with van der Waals surface area (Å²) in [7, 11) is 0. The van der Waals surface area contributed by atoms with Gasteiger partial charge < -0.3 is 14.5 Å². The van der Waals surface area contributed by atoms with Gasteiger partial charge in [-0.3, -0.25) is 4.79 Å². The fourth-order valence-electron chi connectivity index (χ4n) is 3.98. The van der Waals surface area contributed by atoms with Crippen molar-refractivity contribution in [1.29, 1.82) is 0 Å². The van der Waals surface area contributed by atoms with Gasteiger partial charge >= 0.3 is 5.97 Å². The van der Waals surface area contributed by atoms with Crippen molar-refractivity contribution in [2.45, 2.75) is 38.5 Å². The second kappa shape index (κ2) is 7.19. The van der Waals surface area contributed by atoms with Gasteiger partial charge in [-0.25, -0.2) is 4.79 Å². The summed E-state index contributed by atoms with van der Waals surface area (Å²) >= 11 is 1.55. The molecule has 0 unspecified atom stereocenters.